The molecule has 37 heavy (non-hydrogen) atoms. The Kier molecular flexibility index (Phi) is 8.91. The molecule has 0 spiro atoms. The van der Waals surface area contributed by atoms with E-state index in [1.54, 1.807) is 34.9 Å². The molecule has 1 aliphatic heterocycles. The maximum atomic E-state index is 13.2. The van der Waals surface area contributed by atoms with Gasteiger partial charge >= 0.3 is 0 Å². The third kappa shape index (κ3) is 6.54. The molecule has 2 amide bonds. The normalized spacial score (nSPS) is 14.2. The van der Waals surface area contributed by atoms with Crippen molar-refractivity contribution < 1.29 is 19.1 Å². The van der Waals surface area contributed by atoms with Crippen LogP contribution in [-0.2, 0) is 9.59 Å². The molecule has 1 fully saturated rings. The second kappa shape index (κ2) is 12.3. The summed E-state index contributed by atoms with van der Waals surface area (Å²) in [4.78, 5) is 28.7. The van der Waals surface area contributed by atoms with E-state index in [1.807, 2.05) is 74.7 Å². The number of nitrogens with zero attached hydrogens (tertiary/aromatic N) is 1. The number of para-hydroxylation sites is 1. The molecule has 0 unspecified atom stereocenters. The van der Waals surface area contributed by atoms with Crippen LogP contribution in [0.25, 0.3) is 6.08 Å². The zero-order valence-electron chi connectivity index (χ0n) is 20.6. The number of carbonyl (C=O) groups excluding carboxylic acids is 2. The van der Waals surface area contributed by atoms with Gasteiger partial charge in [-0.05, 0) is 73.7 Å². The predicted octanol–water partition coefficient (Wildman–Crippen LogP) is 6.54. The Hall–Kier alpha value is -3.27. The lowest BCUT2D eigenvalue weighted by molar-refractivity contribution is -0.118. The molecule has 190 valence electrons. The molecule has 1 saturated heterocycles. The van der Waals surface area contributed by atoms with E-state index in [0.29, 0.717) is 27.3 Å². The molecule has 0 aromatic heterocycles. The van der Waals surface area contributed by atoms with E-state index in [2.05, 4.69) is 5.32 Å². The molecule has 3 aromatic carbocycles. The van der Waals surface area contributed by atoms with Gasteiger partial charge in [0.05, 0.1) is 17.2 Å². The van der Waals surface area contributed by atoms with Crippen molar-refractivity contribution in [3.05, 3.63) is 82.8 Å². The van der Waals surface area contributed by atoms with Crippen LogP contribution in [-0.4, -0.2) is 35.6 Å². The van der Waals surface area contributed by atoms with Gasteiger partial charge in [0.15, 0.2) is 22.4 Å². The molecule has 0 radical (unpaired) electrons. The lowest BCUT2D eigenvalue weighted by Gasteiger charge is -2.15. The molecule has 6 nitrogen and oxygen atoms in total. The number of aryl methyl sites for hydroxylation is 1. The van der Waals surface area contributed by atoms with Crippen LogP contribution >= 0.6 is 35.7 Å². The number of ether oxygens (including phenoxy) is 2. The van der Waals surface area contributed by atoms with Gasteiger partial charge in [-0.1, -0.05) is 54.3 Å². The van der Waals surface area contributed by atoms with Crippen LogP contribution in [0.5, 0.6) is 11.5 Å². The van der Waals surface area contributed by atoms with Gasteiger partial charge in [-0.2, -0.15) is 0 Å². The molecule has 1 N–H and O–H groups in total. The van der Waals surface area contributed by atoms with Crippen molar-refractivity contribution in [2.45, 2.75) is 18.7 Å². The van der Waals surface area contributed by atoms with Crippen molar-refractivity contribution in [1.29, 1.82) is 0 Å². The minimum absolute atomic E-state index is 0.165. The first-order valence-corrected chi connectivity index (χ1v) is 14.0. The van der Waals surface area contributed by atoms with Gasteiger partial charge in [0.2, 0.25) is 0 Å². The quantitative estimate of drug-likeness (QED) is 0.184. The molecule has 0 atom stereocenters. The van der Waals surface area contributed by atoms with E-state index >= 15 is 0 Å². The van der Waals surface area contributed by atoms with Gasteiger partial charge in [-0.15, -0.1) is 11.8 Å². The molecule has 0 aliphatic carbocycles. The van der Waals surface area contributed by atoms with Gasteiger partial charge in [-0.3, -0.25) is 14.5 Å². The number of amides is 2. The lowest BCUT2D eigenvalue weighted by atomic mass is 10.1. The summed E-state index contributed by atoms with van der Waals surface area (Å²) in [6.45, 7) is 4.05. The molecular weight excluding hydrogens is 525 g/mol. The number of hydrogen-bond donors (Lipinski definition) is 1. The topological polar surface area (TPSA) is 67.9 Å². The fourth-order valence-corrected chi connectivity index (χ4v) is 5.39. The third-order valence-corrected chi connectivity index (χ3v) is 7.48. The maximum absolute atomic E-state index is 13.2. The standard InChI is InChI=1S/C28H26N2O4S3/c1-4-33-24-14-19(12-13-23(24)34-17-26(31)29-22-11-6-5-8-18(22)2)15-25-27(32)30(28(35)37-25)20-9-7-10-21(16-20)36-3/h5-16H,4,17H2,1-3H3,(H,29,31)/b25-15-. The summed E-state index contributed by atoms with van der Waals surface area (Å²) in [7, 11) is 0. The first-order valence-electron chi connectivity index (χ1n) is 11.6. The fraction of sp³-hybridized carbons (Fsp3) is 0.179. The Balaban J connectivity index is 1.49. The fourth-order valence-electron chi connectivity index (χ4n) is 3.64. The average molecular weight is 551 g/mol. The number of rotatable bonds is 9. The van der Waals surface area contributed by atoms with Crippen molar-refractivity contribution in [2.75, 3.05) is 29.7 Å². The van der Waals surface area contributed by atoms with Crippen LogP contribution in [0.2, 0.25) is 0 Å². The number of nitrogens with one attached hydrogen (secondary N) is 1. The van der Waals surface area contributed by atoms with Crippen LogP contribution in [0.1, 0.15) is 18.1 Å². The maximum Gasteiger partial charge on any atom is 0.270 e. The predicted molar refractivity (Wildman–Crippen MR) is 157 cm³/mol. The summed E-state index contributed by atoms with van der Waals surface area (Å²) in [5.74, 6) is 0.498. The highest BCUT2D eigenvalue weighted by Crippen LogP contribution is 2.38. The zero-order valence-corrected chi connectivity index (χ0v) is 23.1. The summed E-state index contributed by atoms with van der Waals surface area (Å²) in [5.41, 5.74) is 3.23. The lowest BCUT2D eigenvalue weighted by Crippen LogP contribution is -2.27. The van der Waals surface area contributed by atoms with Crippen LogP contribution < -0.4 is 19.7 Å². The minimum Gasteiger partial charge on any atom is -0.490 e. The number of carbonyl (C=O) groups is 2. The highest BCUT2D eigenvalue weighted by molar-refractivity contribution is 8.27. The number of anilines is 2. The SMILES string of the molecule is CCOc1cc(/C=C2\SC(=S)N(c3cccc(SC)c3)C2=O)ccc1OCC(=O)Nc1ccccc1C. The van der Waals surface area contributed by atoms with Crippen molar-refractivity contribution in [3.63, 3.8) is 0 Å². The number of hydrogen-bond acceptors (Lipinski definition) is 7. The van der Waals surface area contributed by atoms with Gasteiger partial charge in [0, 0.05) is 10.6 Å². The Morgan fingerprint density at radius 3 is 2.65 bits per heavy atom. The van der Waals surface area contributed by atoms with E-state index in [9.17, 15) is 9.59 Å². The molecule has 3 aromatic rings. The van der Waals surface area contributed by atoms with Gasteiger partial charge < -0.3 is 14.8 Å². The van der Waals surface area contributed by atoms with Gasteiger partial charge in [0.1, 0.15) is 0 Å². The zero-order chi connectivity index (χ0) is 26.4. The third-order valence-electron chi connectivity index (χ3n) is 5.45. The molecule has 9 heteroatoms. The first kappa shape index (κ1) is 26.8. The van der Waals surface area contributed by atoms with Crippen LogP contribution in [0.3, 0.4) is 0 Å². The second-order valence-electron chi connectivity index (χ2n) is 8.01. The molecule has 0 saturated carbocycles. The van der Waals surface area contributed by atoms with Crippen molar-refractivity contribution >= 4 is 69.3 Å². The summed E-state index contributed by atoms with van der Waals surface area (Å²) >= 11 is 8.38. The van der Waals surface area contributed by atoms with Gasteiger partial charge in [-0.25, -0.2) is 0 Å². The Morgan fingerprint density at radius 2 is 1.89 bits per heavy atom. The summed E-state index contributed by atoms with van der Waals surface area (Å²) in [6, 6.07) is 20.6. The highest BCUT2D eigenvalue weighted by Gasteiger charge is 2.33. The van der Waals surface area contributed by atoms with Crippen molar-refractivity contribution in [1.82, 2.24) is 0 Å². The smallest absolute Gasteiger partial charge is 0.270 e. The van der Waals surface area contributed by atoms with Crippen LogP contribution in [0, 0.1) is 6.92 Å². The summed E-state index contributed by atoms with van der Waals surface area (Å²) in [5, 5.41) is 2.85. The van der Waals surface area contributed by atoms with E-state index < -0.39 is 0 Å². The Labute approximate surface area is 230 Å². The molecule has 1 heterocycles. The Bertz CT molecular complexity index is 1370. The van der Waals surface area contributed by atoms with Gasteiger partial charge in [0.25, 0.3) is 11.8 Å². The highest BCUT2D eigenvalue weighted by atomic mass is 32.2. The monoisotopic (exact) mass is 550 g/mol. The number of thiocarbonyl (C=S) groups is 1. The second-order valence-corrected chi connectivity index (χ2v) is 10.6. The van der Waals surface area contributed by atoms with E-state index in [1.165, 1.54) is 11.8 Å². The Morgan fingerprint density at radius 1 is 1.08 bits per heavy atom. The van der Waals surface area contributed by atoms with E-state index in [4.69, 9.17) is 21.7 Å². The minimum atomic E-state index is -0.268. The average Bonchev–Trinajstić information content (AvgIpc) is 3.17. The number of benzene rings is 3. The largest absolute Gasteiger partial charge is 0.490 e. The summed E-state index contributed by atoms with van der Waals surface area (Å²) in [6.07, 6.45) is 3.78. The molecular formula is C28H26N2O4S3. The molecule has 1 aliphatic rings. The van der Waals surface area contributed by atoms with Crippen molar-refractivity contribution in [2.24, 2.45) is 0 Å². The van der Waals surface area contributed by atoms with E-state index in [0.717, 1.165) is 27.4 Å². The van der Waals surface area contributed by atoms with Crippen LogP contribution in [0.4, 0.5) is 11.4 Å². The van der Waals surface area contributed by atoms with Crippen molar-refractivity contribution in [3.8, 4) is 11.5 Å². The molecule has 0 bridgehead atoms. The summed E-state index contributed by atoms with van der Waals surface area (Å²) < 4.78 is 12.0. The molecule has 4 rings (SSSR count). The van der Waals surface area contributed by atoms with E-state index in [-0.39, 0.29) is 18.4 Å². The van der Waals surface area contributed by atoms with Crippen LogP contribution in [0.15, 0.2) is 76.5 Å². The first-order chi connectivity index (χ1) is 17.9. The number of thioether (sulfide) groups is 2.